The van der Waals surface area contributed by atoms with E-state index in [1.54, 1.807) is 0 Å². The van der Waals surface area contributed by atoms with E-state index in [9.17, 15) is 20.0 Å². The van der Waals surface area contributed by atoms with Gasteiger partial charge in [-0.1, -0.05) is 13.8 Å². The van der Waals surface area contributed by atoms with Crippen molar-refractivity contribution in [1.29, 1.82) is 0 Å². The van der Waals surface area contributed by atoms with Crippen LogP contribution in [0.15, 0.2) is 18.2 Å². The lowest BCUT2D eigenvalue weighted by atomic mass is 9.79. The minimum atomic E-state index is -0.505. The topological polar surface area (TPSA) is 121 Å². The summed E-state index contributed by atoms with van der Waals surface area (Å²) in [7, 11) is 0. The molecule has 2 aromatic rings. The van der Waals surface area contributed by atoms with Crippen LogP contribution in [-0.4, -0.2) is 39.3 Å². The van der Waals surface area contributed by atoms with Crippen molar-refractivity contribution in [3.8, 4) is 0 Å². The van der Waals surface area contributed by atoms with Gasteiger partial charge in [0.25, 0.3) is 11.6 Å². The molecule has 24 heavy (non-hydrogen) atoms. The number of carbonyl (C=O) groups is 1. The Labute approximate surface area is 139 Å². The first-order valence-electron chi connectivity index (χ1n) is 7.98. The maximum atomic E-state index is 12.5. The third-order valence-electron chi connectivity index (χ3n) is 4.74. The third kappa shape index (κ3) is 3.53. The fraction of sp³-hybridized carbons (Fsp3) is 0.500. The van der Waals surface area contributed by atoms with Gasteiger partial charge in [-0.25, -0.2) is 0 Å². The molecule has 1 aromatic heterocycles. The molecular formula is C16H22N4O4. The van der Waals surface area contributed by atoms with Crippen molar-refractivity contribution in [3.05, 3.63) is 34.0 Å². The fourth-order valence-electron chi connectivity index (χ4n) is 2.82. The summed E-state index contributed by atoms with van der Waals surface area (Å²) in [5.41, 5.74) is 0.453. The zero-order valence-corrected chi connectivity index (χ0v) is 13.8. The Hall–Kier alpha value is -2.48. The van der Waals surface area contributed by atoms with Gasteiger partial charge >= 0.3 is 0 Å². The zero-order valence-electron chi connectivity index (χ0n) is 13.8. The van der Waals surface area contributed by atoms with Gasteiger partial charge in [0, 0.05) is 30.7 Å². The Balaban J connectivity index is 2.22. The number of fused-ring (bicyclic) bond motifs is 1. The van der Waals surface area contributed by atoms with Crippen molar-refractivity contribution in [2.45, 2.75) is 33.1 Å². The molecule has 2 rings (SSSR count). The number of aliphatic hydroxyl groups is 1. The molecule has 0 saturated heterocycles. The van der Waals surface area contributed by atoms with Gasteiger partial charge in [-0.15, -0.1) is 0 Å². The summed E-state index contributed by atoms with van der Waals surface area (Å²) < 4.78 is 0. The molecule has 8 nitrogen and oxygen atoms in total. The number of H-pyrrole nitrogens is 1. The quantitative estimate of drug-likeness (QED) is 0.505. The summed E-state index contributed by atoms with van der Waals surface area (Å²) in [6, 6.07) is 4.24. The lowest BCUT2D eigenvalue weighted by molar-refractivity contribution is -0.384. The first kappa shape index (κ1) is 17.9. The molecule has 0 fully saturated rings. The number of carbonyl (C=O) groups excluding carboxylic acids is 1. The van der Waals surface area contributed by atoms with Gasteiger partial charge in [-0.3, -0.25) is 20.0 Å². The molecule has 1 heterocycles. The highest BCUT2D eigenvalue weighted by molar-refractivity contribution is 6.05. The minimum absolute atomic E-state index is 0.0646. The Morgan fingerprint density at radius 2 is 2.12 bits per heavy atom. The maximum absolute atomic E-state index is 12.5. The van der Waals surface area contributed by atoms with E-state index < -0.39 is 4.92 Å². The van der Waals surface area contributed by atoms with Crippen LogP contribution < -0.4 is 5.32 Å². The molecule has 1 amide bonds. The van der Waals surface area contributed by atoms with E-state index in [0.717, 1.165) is 12.8 Å². The zero-order chi connectivity index (χ0) is 17.7. The van der Waals surface area contributed by atoms with Crippen LogP contribution >= 0.6 is 0 Å². The van der Waals surface area contributed by atoms with Crippen LogP contribution in [0.25, 0.3) is 10.9 Å². The van der Waals surface area contributed by atoms with Crippen molar-refractivity contribution >= 4 is 22.5 Å². The largest absolute Gasteiger partial charge is 0.396 e. The summed E-state index contributed by atoms with van der Waals surface area (Å²) in [6.07, 6.45) is 2.27. The van der Waals surface area contributed by atoms with E-state index in [2.05, 4.69) is 15.5 Å². The standard InChI is InChI=1S/C16H22N4O4/c1-3-16(4-2,7-8-21)10-17-15(22)14-12-9-11(20(23)24)5-6-13(12)18-19-14/h5-6,9,21H,3-4,7-8,10H2,1-2H3,(H,17,22)(H,18,19). The van der Waals surface area contributed by atoms with Gasteiger partial charge in [-0.2, -0.15) is 5.10 Å². The van der Waals surface area contributed by atoms with Gasteiger partial charge in [0.1, 0.15) is 0 Å². The van der Waals surface area contributed by atoms with E-state index in [1.165, 1.54) is 18.2 Å². The number of nitrogens with one attached hydrogen (secondary N) is 2. The molecule has 0 aliphatic heterocycles. The van der Waals surface area contributed by atoms with Crippen molar-refractivity contribution in [2.75, 3.05) is 13.2 Å². The van der Waals surface area contributed by atoms with Crippen LogP contribution in [0.5, 0.6) is 0 Å². The summed E-state index contributed by atoms with van der Waals surface area (Å²) in [5, 5.41) is 30.1. The Morgan fingerprint density at radius 3 is 2.71 bits per heavy atom. The van der Waals surface area contributed by atoms with Gasteiger partial charge in [-0.05, 0) is 30.7 Å². The first-order valence-corrected chi connectivity index (χ1v) is 7.98. The van der Waals surface area contributed by atoms with Crippen molar-refractivity contribution in [3.63, 3.8) is 0 Å². The van der Waals surface area contributed by atoms with Crippen molar-refractivity contribution in [1.82, 2.24) is 15.5 Å². The molecule has 0 spiro atoms. The molecule has 0 aliphatic rings. The highest BCUT2D eigenvalue weighted by Gasteiger charge is 2.27. The van der Waals surface area contributed by atoms with Crippen LogP contribution in [0.4, 0.5) is 5.69 Å². The van der Waals surface area contributed by atoms with E-state index in [-0.39, 0.29) is 29.3 Å². The predicted molar refractivity (Wildman–Crippen MR) is 89.8 cm³/mol. The maximum Gasteiger partial charge on any atom is 0.272 e. The number of non-ortho nitro benzene ring substituents is 1. The monoisotopic (exact) mass is 334 g/mol. The number of aliphatic hydroxyl groups excluding tert-OH is 1. The van der Waals surface area contributed by atoms with E-state index in [0.29, 0.717) is 23.9 Å². The fourth-order valence-corrected chi connectivity index (χ4v) is 2.82. The highest BCUT2D eigenvalue weighted by atomic mass is 16.6. The number of hydrogen-bond acceptors (Lipinski definition) is 5. The molecular weight excluding hydrogens is 312 g/mol. The molecule has 0 radical (unpaired) electrons. The second-order valence-electron chi connectivity index (χ2n) is 5.92. The number of amides is 1. The van der Waals surface area contributed by atoms with Crippen molar-refractivity contribution < 1.29 is 14.8 Å². The van der Waals surface area contributed by atoms with Crippen LogP contribution in [0, 0.1) is 15.5 Å². The van der Waals surface area contributed by atoms with E-state index >= 15 is 0 Å². The molecule has 0 aliphatic carbocycles. The number of rotatable bonds is 8. The number of nitro groups is 1. The van der Waals surface area contributed by atoms with Gasteiger partial charge in [0.15, 0.2) is 5.69 Å². The number of aromatic amines is 1. The average Bonchev–Trinajstić information content (AvgIpc) is 3.01. The summed E-state index contributed by atoms with van der Waals surface area (Å²) >= 11 is 0. The summed E-state index contributed by atoms with van der Waals surface area (Å²) in [4.78, 5) is 22.9. The second kappa shape index (κ2) is 7.39. The lowest BCUT2D eigenvalue weighted by Gasteiger charge is -2.31. The molecule has 130 valence electrons. The van der Waals surface area contributed by atoms with Crippen LogP contribution in [0.1, 0.15) is 43.6 Å². The van der Waals surface area contributed by atoms with Crippen molar-refractivity contribution in [2.24, 2.45) is 5.41 Å². The van der Waals surface area contributed by atoms with Gasteiger partial charge in [0.2, 0.25) is 0 Å². The number of nitrogens with zero attached hydrogens (tertiary/aromatic N) is 2. The van der Waals surface area contributed by atoms with Crippen LogP contribution in [0.2, 0.25) is 0 Å². The Kier molecular flexibility index (Phi) is 5.50. The Morgan fingerprint density at radius 1 is 1.42 bits per heavy atom. The van der Waals surface area contributed by atoms with E-state index in [4.69, 9.17) is 0 Å². The van der Waals surface area contributed by atoms with E-state index in [1.807, 2.05) is 13.8 Å². The van der Waals surface area contributed by atoms with Gasteiger partial charge < -0.3 is 10.4 Å². The summed E-state index contributed by atoms with van der Waals surface area (Å²) in [5.74, 6) is -0.383. The normalized spacial score (nSPS) is 11.6. The Bertz CT molecular complexity index is 737. The van der Waals surface area contributed by atoms with Crippen LogP contribution in [0.3, 0.4) is 0 Å². The number of aromatic nitrogens is 2. The summed E-state index contributed by atoms with van der Waals surface area (Å²) in [6.45, 7) is 4.54. The molecule has 0 atom stereocenters. The molecule has 8 heteroatoms. The SMILES string of the molecule is CCC(CC)(CCO)CNC(=O)c1n[nH]c2ccc([N+](=O)[O-])cc12. The number of nitro benzene ring substituents is 1. The highest BCUT2D eigenvalue weighted by Crippen LogP contribution is 2.29. The predicted octanol–water partition coefficient (Wildman–Crippen LogP) is 2.39. The molecule has 1 aromatic carbocycles. The minimum Gasteiger partial charge on any atom is -0.396 e. The van der Waals surface area contributed by atoms with Crippen LogP contribution in [-0.2, 0) is 0 Å². The smallest absolute Gasteiger partial charge is 0.272 e. The lowest BCUT2D eigenvalue weighted by Crippen LogP contribution is -2.37. The number of benzene rings is 1. The molecule has 0 unspecified atom stereocenters. The average molecular weight is 334 g/mol. The molecule has 3 N–H and O–H groups in total. The molecule has 0 bridgehead atoms. The van der Waals surface area contributed by atoms with Gasteiger partial charge in [0.05, 0.1) is 10.4 Å². The molecule has 0 saturated carbocycles. The third-order valence-corrected chi connectivity index (χ3v) is 4.74. The number of hydrogen-bond donors (Lipinski definition) is 3. The first-order chi connectivity index (χ1) is 11.5. The second-order valence-corrected chi connectivity index (χ2v) is 5.92.